The van der Waals surface area contributed by atoms with Crippen LogP contribution in [-0.4, -0.2) is 64.2 Å². The maximum atomic E-state index is 12.7. The fourth-order valence-electron chi connectivity index (χ4n) is 4.84. The highest BCUT2D eigenvalue weighted by Gasteiger charge is 2.26. The maximum Gasteiger partial charge on any atom is 0.313 e. The average molecular weight is 467 g/mol. The van der Waals surface area contributed by atoms with E-state index in [9.17, 15) is 9.59 Å². The standard InChI is InChI=1S/C26H34N4O4/c1-29-14-11-19-15-18(7-9-22(19)29)23(30-12-5-4-6-13-30)17-27-25(31)26(32)28-21-16-20(33-2)8-10-24(21)34-3/h7-10,15-16,23H,4-6,11-14,17H2,1-3H3,(H,27,31)(H,28,32)/t23-/m1/s1. The van der Waals surface area contributed by atoms with Crippen LogP contribution in [0.4, 0.5) is 11.4 Å². The molecule has 8 heteroatoms. The van der Waals surface area contributed by atoms with E-state index in [2.05, 4.69) is 45.7 Å². The smallest absolute Gasteiger partial charge is 0.313 e. The number of ether oxygens (including phenoxy) is 2. The van der Waals surface area contributed by atoms with Gasteiger partial charge >= 0.3 is 11.8 Å². The molecule has 182 valence electrons. The van der Waals surface area contributed by atoms with E-state index < -0.39 is 11.8 Å². The molecule has 0 saturated carbocycles. The molecule has 0 bridgehead atoms. The van der Waals surface area contributed by atoms with Crippen LogP contribution < -0.4 is 25.0 Å². The zero-order valence-electron chi connectivity index (χ0n) is 20.2. The number of nitrogens with one attached hydrogen (secondary N) is 2. The van der Waals surface area contributed by atoms with Gasteiger partial charge in [0.2, 0.25) is 0 Å². The van der Waals surface area contributed by atoms with E-state index in [1.54, 1.807) is 18.2 Å². The third-order valence-electron chi connectivity index (χ3n) is 6.76. The van der Waals surface area contributed by atoms with Crippen molar-refractivity contribution >= 4 is 23.2 Å². The summed E-state index contributed by atoms with van der Waals surface area (Å²) < 4.78 is 10.5. The second-order valence-corrected chi connectivity index (χ2v) is 8.90. The molecule has 2 aromatic rings. The number of methoxy groups -OCH3 is 2. The first-order valence-electron chi connectivity index (χ1n) is 11.9. The number of amides is 2. The molecule has 34 heavy (non-hydrogen) atoms. The average Bonchev–Trinajstić information content (AvgIpc) is 3.24. The second-order valence-electron chi connectivity index (χ2n) is 8.90. The van der Waals surface area contributed by atoms with Gasteiger partial charge in [-0.1, -0.05) is 18.6 Å². The molecule has 1 saturated heterocycles. The topological polar surface area (TPSA) is 83.1 Å². The number of carbonyl (C=O) groups excluding carboxylic acids is 2. The molecule has 2 aliphatic heterocycles. The number of fused-ring (bicyclic) bond motifs is 1. The summed E-state index contributed by atoms with van der Waals surface area (Å²) in [4.78, 5) is 30.1. The Labute approximate surface area is 201 Å². The Morgan fingerprint density at radius 1 is 0.971 bits per heavy atom. The summed E-state index contributed by atoms with van der Waals surface area (Å²) in [7, 11) is 5.16. The number of hydrogen-bond acceptors (Lipinski definition) is 6. The molecule has 8 nitrogen and oxygen atoms in total. The molecular weight excluding hydrogens is 432 g/mol. The van der Waals surface area contributed by atoms with Crippen molar-refractivity contribution in [2.45, 2.75) is 31.7 Å². The van der Waals surface area contributed by atoms with Crippen LogP contribution in [0.3, 0.4) is 0 Å². The van der Waals surface area contributed by atoms with Crippen LogP contribution in [0.2, 0.25) is 0 Å². The second kappa shape index (κ2) is 10.8. The molecule has 0 aromatic heterocycles. The van der Waals surface area contributed by atoms with Gasteiger partial charge in [0.25, 0.3) is 0 Å². The van der Waals surface area contributed by atoms with E-state index in [0.29, 0.717) is 23.7 Å². The van der Waals surface area contributed by atoms with Gasteiger partial charge in [0.1, 0.15) is 11.5 Å². The molecule has 0 spiro atoms. The van der Waals surface area contributed by atoms with Gasteiger partial charge in [-0.25, -0.2) is 0 Å². The largest absolute Gasteiger partial charge is 0.497 e. The zero-order chi connectivity index (χ0) is 24.1. The molecule has 4 rings (SSSR count). The van der Waals surface area contributed by atoms with Gasteiger partial charge in [0.05, 0.1) is 25.9 Å². The van der Waals surface area contributed by atoms with Gasteiger partial charge < -0.3 is 25.0 Å². The van der Waals surface area contributed by atoms with Crippen LogP contribution in [-0.2, 0) is 16.0 Å². The van der Waals surface area contributed by atoms with E-state index in [4.69, 9.17) is 9.47 Å². The summed E-state index contributed by atoms with van der Waals surface area (Å²) >= 11 is 0. The number of hydrogen-bond donors (Lipinski definition) is 2. The van der Waals surface area contributed by atoms with Gasteiger partial charge in [0, 0.05) is 31.9 Å². The number of nitrogens with zero attached hydrogens (tertiary/aromatic N) is 2. The van der Waals surface area contributed by atoms with Crippen LogP contribution in [0.1, 0.15) is 36.4 Å². The quantitative estimate of drug-likeness (QED) is 0.611. The predicted octanol–water partition coefficient (Wildman–Crippen LogP) is 2.98. The van der Waals surface area contributed by atoms with E-state index in [0.717, 1.165) is 38.9 Å². The van der Waals surface area contributed by atoms with E-state index in [-0.39, 0.29) is 6.04 Å². The third-order valence-corrected chi connectivity index (χ3v) is 6.76. The highest BCUT2D eigenvalue weighted by molar-refractivity contribution is 6.39. The monoisotopic (exact) mass is 466 g/mol. The van der Waals surface area contributed by atoms with Crippen molar-refractivity contribution in [2.24, 2.45) is 0 Å². The molecule has 2 aliphatic rings. The molecule has 0 aliphatic carbocycles. The highest BCUT2D eigenvalue weighted by atomic mass is 16.5. The van der Waals surface area contributed by atoms with Gasteiger partial charge in [-0.3, -0.25) is 14.5 Å². The number of benzene rings is 2. The number of rotatable bonds is 7. The minimum atomic E-state index is -0.737. The predicted molar refractivity (Wildman–Crippen MR) is 133 cm³/mol. The van der Waals surface area contributed by atoms with Gasteiger partial charge in [-0.2, -0.15) is 0 Å². The lowest BCUT2D eigenvalue weighted by molar-refractivity contribution is -0.136. The molecule has 2 aromatic carbocycles. The molecule has 2 N–H and O–H groups in total. The first-order valence-corrected chi connectivity index (χ1v) is 11.9. The molecule has 2 heterocycles. The van der Waals surface area contributed by atoms with Crippen molar-refractivity contribution < 1.29 is 19.1 Å². The van der Waals surface area contributed by atoms with Gasteiger partial charge in [-0.15, -0.1) is 0 Å². The first kappa shape index (κ1) is 23.9. The van der Waals surface area contributed by atoms with Crippen LogP contribution in [0.15, 0.2) is 36.4 Å². The third kappa shape index (κ3) is 5.28. The van der Waals surface area contributed by atoms with E-state index >= 15 is 0 Å². The minimum Gasteiger partial charge on any atom is -0.497 e. The summed E-state index contributed by atoms with van der Waals surface area (Å²) in [5, 5.41) is 5.51. The number of likely N-dealkylation sites (N-methyl/N-ethyl adjacent to an activating group) is 1. The van der Waals surface area contributed by atoms with Crippen molar-refractivity contribution in [1.82, 2.24) is 10.2 Å². The number of anilines is 2. The zero-order valence-corrected chi connectivity index (χ0v) is 20.2. The SMILES string of the molecule is COc1ccc(OC)c(NC(=O)C(=O)NC[C@H](c2ccc3c(c2)CCN3C)N2CCCCC2)c1. The Morgan fingerprint density at radius 2 is 1.76 bits per heavy atom. The number of carbonyl (C=O) groups is 2. The number of piperidine rings is 1. The van der Waals surface area contributed by atoms with E-state index in [1.807, 2.05) is 0 Å². The summed E-state index contributed by atoms with van der Waals surface area (Å²) in [6.07, 6.45) is 4.56. The lowest BCUT2D eigenvalue weighted by atomic mass is 9.98. The van der Waals surface area contributed by atoms with Crippen molar-refractivity contribution in [3.8, 4) is 11.5 Å². The Morgan fingerprint density at radius 3 is 2.50 bits per heavy atom. The summed E-state index contributed by atoms with van der Waals surface area (Å²) in [6.45, 7) is 3.38. The highest BCUT2D eigenvalue weighted by Crippen LogP contribution is 2.32. The molecule has 0 unspecified atom stereocenters. The molecule has 0 radical (unpaired) electrons. The molecular formula is C26H34N4O4. The van der Waals surface area contributed by atoms with Crippen LogP contribution in [0.5, 0.6) is 11.5 Å². The molecule has 2 amide bonds. The van der Waals surface area contributed by atoms with E-state index in [1.165, 1.54) is 37.5 Å². The fraction of sp³-hybridized carbons (Fsp3) is 0.462. The van der Waals surface area contributed by atoms with Crippen molar-refractivity contribution in [3.63, 3.8) is 0 Å². The van der Waals surface area contributed by atoms with Crippen LogP contribution in [0, 0.1) is 0 Å². The Bertz CT molecular complexity index is 1040. The maximum absolute atomic E-state index is 12.7. The van der Waals surface area contributed by atoms with Crippen LogP contribution in [0.25, 0.3) is 0 Å². The van der Waals surface area contributed by atoms with Crippen molar-refractivity contribution in [3.05, 3.63) is 47.5 Å². The summed E-state index contributed by atoms with van der Waals surface area (Å²) in [5.41, 5.74) is 4.19. The lowest BCUT2D eigenvalue weighted by Crippen LogP contribution is -2.43. The van der Waals surface area contributed by atoms with Crippen molar-refractivity contribution in [2.75, 3.05) is 57.7 Å². The fourth-order valence-corrected chi connectivity index (χ4v) is 4.84. The number of likely N-dealkylation sites (tertiary alicyclic amines) is 1. The summed E-state index contributed by atoms with van der Waals surface area (Å²) in [6, 6.07) is 11.7. The molecule has 1 atom stereocenters. The minimum absolute atomic E-state index is 0.0274. The van der Waals surface area contributed by atoms with Gasteiger partial charge in [-0.05, 0) is 61.7 Å². The first-order chi connectivity index (χ1) is 16.5. The molecule has 1 fully saturated rings. The normalized spacial score (nSPS) is 16.5. The summed E-state index contributed by atoms with van der Waals surface area (Å²) in [5.74, 6) is -0.396. The van der Waals surface area contributed by atoms with Crippen molar-refractivity contribution in [1.29, 1.82) is 0 Å². The lowest BCUT2D eigenvalue weighted by Gasteiger charge is -2.35. The Kier molecular flexibility index (Phi) is 7.57. The Hall–Kier alpha value is -3.26. The van der Waals surface area contributed by atoms with Gasteiger partial charge in [0.15, 0.2) is 0 Å². The Balaban J connectivity index is 1.46. The van der Waals surface area contributed by atoms with Crippen LogP contribution >= 0.6 is 0 Å².